The van der Waals surface area contributed by atoms with E-state index in [-0.39, 0.29) is 17.6 Å². The maximum Gasteiger partial charge on any atom is 0.316 e. The fourth-order valence-corrected chi connectivity index (χ4v) is 5.07. The number of amides is 1. The van der Waals surface area contributed by atoms with Crippen LogP contribution in [0.1, 0.15) is 47.4 Å². The molecule has 0 saturated heterocycles. The van der Waals surface area contributed by atoms with Crippen LogP contribution in [0.2, 0.25) is 0 Å². The van der Waals surface area contributed by atoms with Gasteiger partial charge in [-0.25, -0.2) is 9.97 Å². The smallest absolute Gasteiger partial charge is 0.316 e. The fourth-order valence-electron chi connectivity index (χ4n) is 3.52. The standard InChI is InChI=1S/C22H21N7O3S2/c1-3-32-17(30)11-33-22-27-26-21(34-22)25-20(31)14-10-15(13-7-8-13)24-19-18(14)12(2)28-29(19)16-6-4-5-9-23-16/h4-6,9-10,13H,3,7-8,11H2,1-2H3,(H,25,26,31). The van der Waals surface area contributed by atoms with E-state index in [1.807, 2.05) is 31.2 Å². The number of nitrogens with one attached hydrogen (secondary N) is 1. The molecule has 1 aliphatic rings. The van der Waals surface area contributed by atoms with Gasteiger partial charge in [0.05, 0.1) is 29.0 Å². The van der Waals surface area contributed by atoms with Gasteiger partial charge < -0.3 is 4.74 Å². The van der Waals surface area contributed by atoms with Crippen molar-refractivity contribution in [1.29, 1.82) is 0 Å². The number of hydrogen-bond donors (Lipinski definition) is 1. The Morgan fingerprint density at radius 2 is 2.15 bits per heavy atom. The van der Waals surface area contributed by atoms with E-state index in [0.717, 1.165) is 18.5 Å². The van der Waals surface area contributed by atoms with Crippen LogP contribution in [-0.4, -0.2) is 54.2 Å². The van der Waals surface area contributed by atoms with Crippen molar-refractivity contribution in [2.45, 2.75) is 36.9 Å². The van der Waals surface area contributed by atoms with Crippen LogP contribution in [0, 0.1) is 6.92 Å². The summed E-state index contributed by atoms with van der Waals surface area (Å²) in [6.07, 6.45) is 3.80. The molecule has 4 aromatic rings. The minimum Gasteiger partial charge on any atom is -0.465 e. The number of nitrogens with zero attached hydrogens (tertiary/aromatic N) is 6. The third kappa shape index (κ3) is 4.64. The molecule has 0 aromatic carbocycles. The highest BCUT2D eigenvalue weighted by Crippen LogP contribution is 2.41. The third-order valence-electron chi connectivity index (χ3n) is 5.18. The van der Waals surface area contributed by atoms with Gasteiger partial charge in [0.1, 0.15) is 0 Å². The average Bonchev–Trinajstić information content (AvgIpc) is 3.52. The molecule has 174 valence electrons. The summed E-state index contributed by atoms with van der Waals surface area (Å²) < 4.78 is 7.18. The number of hydrogen-bond acceptors (Lipinski definition) is 10. The van der Waals surface area contributed by atoms with Crippen LogP contribution in [0.25, 0.3) is 16.9 Å². The SMILES string of the molecule is CCOC(=O)CSc1nnc(NC(=O)c2cc(C3CC3)nc3c2c(C)nn3-c2ccccn2)s1. The van der Waals surface area contributed by atoms with E-state index in [1.165, 1.54) is 23.1 Å². The second kappa shape index (κ2) is 9.47. The van der Waals surface area contributed by atoms with Crippen molar-refractivity contribution < 1.29 is 14.3 Å². The first-order valence-electron chi connectivity index (χ1n) is 10.8. The molecule has 4 heterocycles. The van der Waals surface area contributed by atoms with Crippen molar-refractivity contribution in [3.8, 4) is 5.82 Å². The van der Waals surface area contributed by atoms with Crippen molar-refractivity contribution in [2.24, 2.45) is 0 Å². The molecular weight excluding hydrogens is 474 g/mol. The first kappa shape index (κ1) is 22.4. The predicted molar refractivity (Wildman–Crippen MR) is 129 cm³/mol. The third-order valence-corrected chi connectivity index (χ3v) is 7.13. The molecule has 0 radical (unpaired) electrons. The van der Waals surface area contributed by atoms with Crippen LogP contribution in [0.4, 0.5) is 5.13 Å². The van der Waals surface area contributed by atoms with Crippen molar-refractivity contribution in [3.05, 3.63) is 47.4 Å². The van der Waals surface area contributed by atoms with E-state index in [1.54, 1.807) is 17.8 Å². The molecule has 34 heavy (non-hydrogen) atoms. The normalized spacial score (nSPS) is 13.2. The summed E-state index contributed by atoms with van der Waals surface area (Å²) in [7, 11) is 0. The Kier molecular flexibility index (Phi) is 6.24. The van der Waals surface area contributed by atoms with Crippen LogP contribution < -0.4 is 5.32 Å². The van der Waals surface area contributed by atoms with Crippen molar-refractivity contribution in [3.63, 3.8) is 0 Å². The monoisotopic (exact) mass is 495 g/mol. The van der Waals surface area contributed by atoms with Crippen molar-refractivity contribution >= 4 is 51.1 Å². The molecule has 0 aliphatic heterocycles. The number of ether oxygens (including phenoxy) is 1. The Hall–Kier alpha value is -3.38. The minimum absolute atomic E-state index is 0.137. The number of esters is 1. The highest BCUT2D eigenvalue weighted by atomic mass is 32.2. The Labute approximate surface area is 203 Å². The lowest BCUT2D eigenvalue weighted by Crippen LogP contribution is -2.13. The lowest BCUT2D eigenvalue weighted by atomic mass is 10.1. The van der Waals surface area contributed by atoms with Gasteiger partial charge in [-0.15, -0.1) is 10.2 Å². The molecule has 0 unspecified atom stereocenters. The number of rotatable bonds is 8. The number of aromatic nitrogens is 6. The number of pyridine rings is 2. The molecule has 0 bridgehead atoms. The average molecular weight is 496 g/mol. The Morgan fingerprint density at radius 3 is 2.88 bits per heavy atom. The second-order valence-corrected chi connectivity index (χ2v) is 9.87. The Balaban J connectivity index is 1.45. The zero-order chi connectivity index (χ0) is 23.7. The molecule has 1 N–H and O–H groups in total. The molecule has 1 amide bonds. The number of carbonyl (C=O) groups is 2. The Morgan fingerprint density at radius 1 is 1.29 bits per heavy atom. The Bertz CT molecular complexity index is 1370. The molecule has 0 spiro atoms. The maximum absolute atomic E-state index is 13.3. The number of carbonyl (C=O) groups excluding carboxylic acids is 2. The van der Waals surface area contributed by atoms with Gasteiger partial charge in [0, 0.05) is 17.8 Å². The number of fused-ring (bicyclic) bond motifs is 1. The van der Waals surface area contributed by atoms with Crippen LogP contribution in [-0.2, 0) is 9.53 Å². The summed E-state index contributed by atoms with van der Waals surface area (Å²) in [6, 6.07) is 7.43. The van der Waals surface area contributed by atoms with Gasteiger partial charge in [-0.2, -0.15) is 9.78 Å². The highest BCUT2D eigenvalue weighted by molar-refractivity contribution is 8.01. The van der Waals surface area contributed by atoms with E-state index in [0.29, 0.717) is 50.1 Å². The summed E-state index contributed by atoms with van der Waals surface area (Å²) in [5, 5.41) is 16.6. The quantitative estimate of drug-likeness (QED) is 0.221. The van der Waals surface area contributed by atoms with Gasteiger partial charge >= 0.3 is 5.97 Å². The van der Waals surface area contributed by atoms with Crippen LogP contribution >= 0.6 is 23.1 Å². The van der Waals surface area contributed by atoms with Gasteiger partial charge in [-0.3, -0.25) is 14.9 Å². The van der Waals surface area contributed by atoms with Gasteiger partial charge in [0.2, 0.25) is 5.13 Å². The zero-order valence-corrected chi connectivity index (χ0v) is 20.2. The molecule has 10 nitrogen and oxygen atoms in total. The topological polar surface area (TPSA) is 125 Å². The molecular formula is C22H21N7O3S2. The van der Waals surface area contributed by atoms with Crippen LogP contribution in [0.15, 0.2) is 34.8 Å². The van der Waals surface area contributed by atoms with Gasteiger partial charge in [0.15, 0.2) is 15.8 Å². The maximum atomic E-state index is 13.3. The number of thioether (sulfide) groups is 1. The predicted octanol–water partition coefficient (Wildman–Crippen LogP) is 3.76. The summed E-state index contributed by atoms with van der Waals surface area (Å²) >= 11 is 2.43. The van der Waals surface area contributed by atoms with Gasteiger partial charge in [-0.05, 0) is 44.9 Å². The zero-order valence-electron chi connectivity index (χ0n) is 18.5. The van der Waals surface area contributed by atoms with Gasteiger partial charge in [-0.1, -0.05) is 29.2 Å². The minimum atomic E-state index is -0.319. The molecule has 0 atom stereocenters. The number of aryl methyl sites for hydroxylation is 1. The molecule has 1 fully saturated rings. The van der Waals surface area contributed by atoms with E-state index < -0.39 is 0 Å². The largest absolute Gasteiger partial charge is 0.465 e. The van der Waals surface area contributed by atoms with Gasteiger partial charge in [0.25, 0.3) is 5.91 Å². The van der Waals surface area contributed by atoms with E-state index in [9.17, 15) is 9.59 Å². The fraction of sp³-hybridized carbons (Fsp3) is 0.318. The summed E-state index contributed by atoms with van der Waals surface area (Å²) in [6.45, 7) is 3.94. The summed E-state index contributed by atoms with van der Waals surface area (Å²) in [5.41, 5.74) is 2.65. The van der Waals surface area contributed by atoms with E-state index in [2.05, 4.69) is 25.6 Å². The molecule has 1 aliphatic carbocycles. The molecule has 1 saturated carbocycles. The van der Waals surface area contributed by atoms with Crippen LogP contribution in [0.3, 0.4) is 0 Å². The van der Waals surface area contributed by atoms with E-state index >= 15 is 0 Å². The first-order chi connectivity index (χ1) is 16.5. The van der Waals surface area contributed by atoms with Crippen molar-refractivity contribution in [2.75, 3.05) is 17.7 Å². The first-order valence-corrected chi connectivity index (χ1v) is 12.6. The second-order valence-electron chi connectivity index (χ2n) is 7.67. The molecule has 4 aromatic heterocycles. The summed E-state index contributed by atoms with van der Waals surface area (Å²) in [4.78, 5) is 34.2. The van der Waals surface area contributed by atoms with Crippen LogP contribution in [0.5, 0.6) is 0 Å². The lowest BCUT2D eigenvalue weighted by molar-refractivity contribution is -0.139. The highest BCUT2D eigenvalue weighted by Gasteiger charge is 2.29. The van der Waals surface area contributed by atoms with Crippen molar-refractivity contribution in [1.82, 2.24) is 29.9 Å². The lowest BCUT2D eigenvalue weighted by Gasteiger charge is -2.08. The van der Waals surface area contributed by atoms with E-state index in [4.69, 9.17) is 9.72 Å². The molecule has 5 rings (SSSR count). The molecule has 12 heteroatoms. The number of anilines is 1. The summed E-state index contributed by atoms with van der Waals surface area (Å²) in [5.74, 6) is 0.491.